The summed E-state index contributed by atoms with van der Waals surface area (Å²) in [6.45, 7) is 0. The molecule has 2 aromatic carbocycles. The number of benzene rings is 2. The van der Waals surface area contributed by atoms with Gasteiger partial charge in [0.25, 0.3) is 5.91 Å². The van der Waals surface area contributed by atoms with Crippen LogP contribution >= 0.6 is 0 Å². The van der Waals surface area contributed by atoms with E-state index in [0.717, 1.165) is 19.3 Å². The first-order chi connectivity index (χ1) is 9.78. The summed E-state index contributed by atoms with van der Waals surface area (Å²) in [5.41, 5.74) is 4.30. The molecule has 3 nitrogen and oxygen atoms in total. The van der Waals surface area contributed by atoms with Crippen molar-refractivity contribution in [3.05, 3.63) is 64.7 Å². The van der Waals surface area contributed by atoms with E-state index in [2.05, 4.69) is 11.4 Å². The molecule has 0 unspecified atom stereocenters. The lowest BCUT2D eigenvalue weighted by molar-refractivity contribution is 0.102. The second-order valence-electron chi connectivity index (χ2n) is 4.95. The second-order valence-corrected chi connectivity index (χ2v) is 4.95. The Bertz CT molecular complexity index is 713. The number of amides is 1. The number of carbonyl (C=O) groups is 1. The fourth-order valence-corrected chi connectivity index (χ4v) is 2.60. The summed E-state index contributed by atoms with van der Waals surface area (Å²) < 4.78 is 0. The number of carbonyl (C=O) groups excluding carboxylic acids is 1. The highest BCUT2D eigenvalue weighted by atomic mass is 16.1. The van der Waals surface area contributed by atoms with Crippen molar-refractivity contribution < 1.29 is 4.79 Å². The Hall–Kier alpha value is -2.60. The van der Waals surface area contributed by atoms with E-state index < -0.39 is 0 Å². The first-order valence-electron chi connectivity index (χ1n) is 6.70. The normalized spacial score (nSPS) is 12.6. The molecule has 0 fully saturated rings. The molecular formula is C17H14N2O. The Morgan fingerprint density at radius 3 is 2.75 bits per heavy atom. The summed E-state index contributed by atoms with van der Waals surface area (Å²) in [5, 5.41) is 11.8. The molecule has 0 radical (unpaired) electrons. The summed E-state index contributed by atoms with van der Waals surface area (Å²) in [7, 11) is 0. The van der Waals surface area contributed by atoms with Crippen molar-refractivity contribution in [2.75, 3.05) is 5.32 Å². The maximum Gasteiger partial charge on any atom is 0.255 e. The van der Waals surface area contributed by atoms with Gasteiger partial charge in [0, 0.05) is 5.56 Å². The van der Waals surface area contributed by atoms with Crippen LogP contribution in [0.2, 0.25) is 0 Å². The first kappa shape index (κ1) is 12.4. The molecule has 0 saturated heterocycles. The van der Waals surface area contributed by atoms with Crippen LogP contribution in [0.25, 0.3) is 0 Å². The Kier molecular flexibility index (Phi) is 3.22. The highest BCUT2D eigenvalue weighted by Crippen LogP contribution is 2.23. The third-order valence-electron chi connectivity index (χ3n) is 3.66. The predicted molar refractivity (Wildman–Crippen MR) is 77.6 cm³/mol. The van der Waals surface area contributed by atoms with Crippen LogP contribution in [0, 0.1) is 11.3 Å². The summed E-state index contributed by atoms with van der Waals surface area (Å²) in [6, 6.07) is 15.0. The van der Waals surface area contributed by atoms with E-state index in [9.17, 15) is 4.79 Å². The van der Waals surface area contributed by atoms with E-state index in [1.54, 1.807) is 24.3 Å². The third kappa shape index (κ3) is 2.28. The Balaban J connectivity index is 1.85. The van der Waals surface area contributed by atoms with Crippen LogP contribution in [0.5, 0.6) is 0 Å². The molecule has 0 spiro atoms. The van der Waals surface area contributed by atoms with E-state index >= 15 is 0 Å². The monoisotopic (exact) mass is 262 g/mol. The number of nitrogens with zero attached hydrogens (tertiary/aromatic N) is 1. The summed E-state index contributed by atoms with van der Waals surface area (Å²) in [5.74, 6) is -0.164. The SMILES string of the molecule is N#Cc1ccccc1NC(=O)c1ccc2c(c1)CCC2. The Morgan fingerprint density at radius 2 is 1.90 bits per heavy atom. The zero-order chi connectivity index (χ0) is 13.9. The maximum atomic E-state index is 12.3. The molecule has 98 valence electrons. The highest BCUT2D eigenvalue weighted by molar-refractivity contribution is 6.05. The topological polar surface area (TPSA) is 52.9 Å². The Morgan fingerprint density at radius 1 is 1.10 bits per heavy atom. The lowest BCUT2D eigenvalue weighted by Gasteiger charge is -2.08. The van der Waals surface area contributed by atoms with Crippen molar-refractivity contribution in [2.45, 2.75) is 19.3 Å². The molecule has 0 saturated carbocycles. The van der Waals surface area contributed by atoms with E-state index in [1.807, 2.05) is 18.2 Å². The van der Waals surface area contributed by atoms with Gasteiger partial charge in [-0.2, -0.15) is 5.26 Å². The summed E-state index contributed by atoms with van der Waals surface area (Å²) in [4.78, 5) is 12.3. The molecule has 0 heterocycles. The van der Waals surface area contributed by atoms with Gasteiger partial charge in [0.15, 0.2) is 0 Å². The van der Waals surface area contributed by atoms with E-state index in [4.69, 9.17) is 5.26 Å². The van der Waals surface area contributed by atoms with Gasteiger partial charge >= 0.3 is 0 Å². The molecular weight excluding hydrogens is 248 g/mol. The van der Waals surface area contributed by atoms with E-state index in [-0.39, 0.29) is 5.91 Å². The quantitative estimate of drug-likeness (QED) is 0.902. The number of hydrogen-bond donors (Lipinski definition) is 1. The summed E-state index contributed by atoms with van der Waals surface area (Å²) in [6.07, 6.45) is 3.32. The first-order valence-corrected chi connectivity index (χ1v) is 6.70. The lowest BCUT2D eigenvalue weighted by atomic mass is 10.1. The second kappa shape index (κ2) is 5.18. The smallest absolute Gasteiger partial charge is 0.255 e. The molecule has 1 aliphatic rings. The Labute approximate surface area is 117 Å². The average molecular weight is 262 g/mol. The van der Waals surface area contributed by atoms with Crippen LogP contribution in [0.3, 0.4) is 0 Å². The van der Waals surface area contributed by atoms with Gasteiger partial charge in [-0.15, -0.1) is 0 Å². The molecule has 20 heavy (non-hydrogen) atoms. The van der Waals surface area contributed by atoms with Crippen LogP contribution < -0.4 is 5.32 Å². The van der Waals surface area contributed by atoms with Crippen LogP contribution in [-0.2, 0) is 12.8 Å². The van der Waals surface area contributed by atoms with Gasteiger partial charge in [0.1, 0.15) is 6.07 Å². The van der Waals surface area contributed by atoms with Gasteiger partial charge in [0.05, 0.1) is 11.3 Å². The summed E-state index contributed by atoms with van der Waals surface area (Å²) >= 11 is 0. The number of anilines is 1. The van der Waals surface area contributed by atoms with Crippen LogP contribution in [0.1, 0.15) is 33.5 Å². The van der Waals surface area contributed by atoms with Crippen molar-refractivity contribution in [3.8, 4) is 6.07 Å². The van der Waals surface area contributed by atoms with Crippen LogP contribution in [-0.4, -0.2) is 5.91 Å². The highest BCUT2D eigenvalue weighted by Gasteiger charge is 2.14. The number of nitrogens with one attached hydrogen (secondary N) is 1. The van der Waals surface area contributed by atoms with Gasteiger partial charge in [-0.3, -0.25) is 4.79 Å². The molecule has 3 heteroatoms. The largest absolute Gasteiger partial charge is 0.321 e. The fraction of sp³-hybridized carbons (Fsp3) is 0.176. The average Bonchev–Trinajstić information content (AvgIpc) is 2.95. The van der Waals surface area contributed by atoms with Crippen molar-refractivity contribution in [1.29, 1.82) is 5.26 Å². The molecule has 1 N–H and O–H groups in total. The van der Waals surface area contributed by atoms with E-state index in [1.165, 1.54) is 11.1 Å². The maximum absolute atomic E-state index is 12.3. The van der Waals surface area contributed by atoms with Crippen molar-refractivity contribution in [1.82, 2.24) is 0 Å². The van der Waals surface area contributed by atoms with Crippen molar-refractivity contribution in [2.24, 2.45) is 0 Å². The van der Waals surface area contributed by atoms with Crippen molar-refractivity contribution >= 4 is 11.6 Å². The standard InChI is InChI=1S/C17H14N2O/c18-11-15-4-1-2-7-16(15)19-17(20)14-9-8-12-5-3-6-13(12)10-14/h1-2,4,7-10H,3,5-6H2,(H,19,20). The minimum absolute atomic E-state index is 0.164. The number of nitriles is 1. The van der Waals surface area contributed by atoms with Crippen LogP contribution in [0.4, 0.5) is 5.69 Å². The predicted octanol–water partition coefficient (Wildman–Crippen LogP) is 3.30. The fourth-order valence-electron chi connectivity index (χ4n) is 2.60. The molecule has 2 aromatic rings. The molecule has 1 amide bonds. The minimum Gasteiger partial charge on any atom is -0.321 e. The number of fused-ring (bicyclic) bond motifs is 1. The van der Waals surface area contributed by atoms with Crippen LogP contribution in [0.15, 0.2) is 42.5 Å². The molecule has 0 aromatic heterocycles. The third-order valence-corrected chi connectivity index (χ3v) is 3.66. The molecule has 0 atom stereocenters. The molecule has 1 aliphatic carbocycles. The van der Waals surface area contributed by atoms with Gasteiger partial charge in [-0.05, 0) is 54.7 Å². The minimum atomic E-state index is -0.164. The zero-order valence-electron chi connectivity index (χ0n) is 11.0. The lowest BCUT2D eigenvalue weighted by Crippen LogP contribution is -2.13. The number of hydrogen-bond acceptors (Lipinski definition) is 2. The van der Waals surface area contributed by atoms with Gasteiger partial charge < -0.3 is 5.32 Å². The van der Waals surface area contributed by atoms with Gasteiger partial charge in [-0.1, -0.05) is 18.2 Å². The zero-order valence-corrected chi connectivity index (χ0v) is 11.0. The number of aryl methyl sites for hydroxylation is 2. The van der Waals surface area contributed by atoms with Crippen molar-refractivity contribution in [3.63, 3.8) is 0 Å². The van der Waals surface area contributed by atoms with E-state index in [0.29, 0.717) is 16.8 Å². The number of rotatable bonds is 2. The van der Waals surface area contributed by atoms with Gasteiger partial charge in [0.2, 0.25) is 0 Å². The molecule has 0 aliphatic heterocycles. The molecule has 0 bridgehead atoms. The molecule has 3 rings (SSSR count). The van der Waals surface area contributed by atoms with Gasteiger partial charge in [-0.25, -0.2) is 0 Å². The number of para-hydroxylation sites is 1.